The van der Waals surface area contributed by atoms with Crippen molar-refractivity contribution in [2.45, 2.75) is 64.7 Å². The lowest BCUT2D eigenvalue weighted by atomic mass is 10.1. The first kappa shape index (κ1) is 15.4. The zero-order chi connectivity index (χ0) is 9.07. The van der Waals surface area contributed by atoms with Gasteiger partial charge in [-0.25, -0.2) is 0 Å². The largest absolute Gasteiger partial charge is 0.303 e. The zero-order valence-electron chi connectivity index (χ0n) is 8.76. The minimum Gasteiger partial charge on any atom is -0.303 e. The molecule has 13 heavy (non-hydrogen) atoms. The zero-order valence-corrected chi connectivity index (χ0v) is 9.57. The van der Waals surface area contributed by atoms with Crippen molar-refractivity contribution >= 4 is 18.7 Å². The molecular weight excluding hydrogens is 184 g/mol. The predicted octanol–water partition coefficient (Wildman–Crippen LogP) is 4.14. The number of hydrogen-bond acceptors (Lipinski definition) is 1. The van der Waals surface area contributed by atoms with E-state index in [1.54, 1.807) is 0 Å². The summed E-state index contributed by atoms with van der Waals surface area (Å²) in [6, 6.07) is 0. The maximum atomic E-state index is 9.98. The standard InChI is InChI=1S/C11H22O.ClH/c1-2-3-4-5-6-7-8-9-10-11-12;/h11H,2-10H2,1H3;1H. The first-order valence-corrected chi connectivity index (χ1v) is 5.35. The second kappa shape index (κ2) is 14.5. The second-order valence-electron chi connectivity index (χ2n) is 3.43. The molecule has 0 amide bonds. The van der Waals surface area contributed by atoms with Crippen LogP contribution in [0.3, 0.4) is 0 Å². The first-order valence-electron chi connectivity index (χ1n) is 5.35. The maximum absolute atomic E-state index is 9.98. The van der Waals surface area contributed by atoms with Crippen molar-refractivity contribution < 1.29 is 4.79 Å². The molecule has 0 aliphatic heterocycles. The molecule has 2 heteroatoms. The van der Waals surface area contributed by atoms with E-state index in [0.29, 0.717) is 0 Å². The third kappa shape index (κ3) is 14.8. The van der Waals surface area contributed by atoms with Crippen LogP contribution >= 0.6 is 12.4 Å². The minimum atomic E-state index is 0. The van der Waals surface area contributed by atoms with E-state index >= 15 is 0 Å². The van der Waals surface area contributed by atoms with Crippen LogP contribution in [0.5, 0.6) is 0 Å². The average Bonchev–Trinajstić information content (AvgIpc) is 2.10. The van der Waals surface area contributed by atoms with Gasteiger partial charge in [-0.05, 0) is 6.42 Å². The molecule has 1 nitrogen and oxygen atoms in total. The molecule has 0 saturated carbocycles. The fraction of sp³-hybridized carbons (Fsp3) is 0.909. The lowest BCUT2D eigenvalue weighted by Crippen LogP contribution is -1.81. The van der Waals surface area contributed by atoms with E-state index < -0.39 is 0 Å². The Bertz CT molecular complexity index is 94.1. The molecule has 0 radical (unpaired) electrons. The van der Waals surface area contributed by atoms with Gasteiger partial charge in [-0.1, -0.05) is 51.9 Å². The van der Waals surface area contributed by atoms with Crippen molar-refractivity contribution in [1.82, 2.24) is 0 Å². The number of aldehydes is 1. The average molecular weight is 207 g/mol. The van der Waals surface area contributed by atoms with E-state index in [-0.39, 0.29) is 12.4 Å². The predicted molar refractivity (Wildman–Crippen MR) is 60.5 cm³/mol. The van der Waals surface area contributed by atoms with Crippen molar-refractivity contribution in [1.29, 1.82) is 0 Å². The van der Waals surface area contributed by atoms with E-state index in [2.05, 4.69) is 6.92 Å². The molecule has 0 spiro atoms. The van der Waals surface area contributed by atoms with Crippen LogP contribution in [0.4, 0.5) is 0 Å². The molecule has 0 unspecified atom stereocenters. The molecule has 0 aromatic carbocycles. The Labute approximate surface area is 88.7 Å². The molecule has 0 aliphatic carbocycles. The van der Waals surface area contributed by atoms with Crippen LogP contribution < -0.4 is 0 Å². The van der Waals surface area contributed by atoms with Crippen molar-refractivity contribution in [3.63, 3.8) is 0 Å². The Morgan fingerprint density at radius 1 is 0.846 bits per heavy atom. The van der Waals surface area contributed by atoms with Crippen LogP contribution in [0, 0.1) is 0 Å². The fourth-order valence-corrected chi connectivity index (χ4v) is 1.36. The molecule has 0 aliphatic rings. The van der Waals surface area contributed by atoms with Crippen LogP contribution in [0.2, 0.25) is 0 Å². The normalized spacial score (nSPS) is 9.31. The molecule has 0 bridgehead atoms. The maximum Gasteiger partial charge on any atom is 0.119 e. The van der Waals surface area contributed by atoms with Crippen LogP contribution in [0.25, 0.3) is 0 Å². The van der Waals surface area contributed by atoms with Gasteiger partial charge in [0.15, 0.2) is 0 Å². The van der Waals surface area contributed by atoms with Crippen molar-refractivity contribution in [2.75, 3.05) is 0 Å². The Kier molecular flexibility index (Phi) is 17.2. The van der Waals surface area contributed by atoms with Crippen LogP contribution in [0.1, 0.15) is 64.7 Å². The highest BCUT2D eigenvalue weighted by molar-refractivity contribution is 5.85. The highest BCUT2D eigenvalue weighted by Crippen LogP contribution is 2.08. The summed E-state index contributed by atoms with van der Waals surface area (Å²) in [7, 11) is 0. The monoisotopic (exact) mass is 206 g/mol. The Morgan fingerprint density at radius 3 is 1.77 bits per heavy atom. The van der Waals surface area contributed by atoms with Crippen LogP contribution in [0.15, 0.2) is 0 Å². The van der Waals surface area contributed by atoms with Gasteiger partial charge in [-0.15, -0.1) is 12.4 Å². The number of carbonyl (C=O) groups is 1. The van der Waals surface area contributed by atoms with E-state index in [4.69, 9.17) is 0 Å². The number of unbranched alkanes of at least 4 members (excludes halogenated alkanes) is 8. The minimum absolute atomic E-state index is 0. The molecule has 0 saturated heterocycles. The van der Waals surface area contributed by atoms with Gasteiger partial charge in [0, 0.05) is 6.42 Å². The SMILES string of the molecule is CCCCCCCCCCC=O.Cl. The summed E-state index contributed by atoms with van der Waals surface area (Å²) in [6.07, 6.45) is 12.3. The van der Waals surface area contributed by atoms with Crippen molar-refractivity contribution in [3.8, 4) is 0 Å². The molecule has 80 valence electrons. The fourth-order valence-electron chi connectivity index (χ4n) is 1.36. The lowest BCUT2D eigenvalue weighted by molar-refractivity contribution is -0.107. The Morgan fingerprint density at radius 2 is 1.31 bits per heavy atom. The van der Waals surface area contributed by atoms with Gasteiger partial charge in [-0.2, -0.15) is 0 Å². The van der Waals surface area contributed by atoms with Gasteiger partial charge in [-0.3, -0.25) is 0 Å². The number of carbonyl (C=O) groups excluding carboxylic acids is 1. The van der Waals surface area contributed by atoms with Gasteiger partial charge in [0.2, 0.25) is 0 Å². The Hall–Kier alpha value is -0.0400. The van der Waals surface area contributed by atoms with Gasteiger partial charge in [0.1, 0.15) is 6.29 Å². The molecule has 0 atom stereocenters. The van der Waals surface area contributed by atoms with Gasteiger partial charge in [0.05, 0.1) is 0 Å². The molecule has 0 aromatic rings. The molecule has 0 rings (SSSR count). The number of halogens is 1. The lowest BCUT2D eigenvalue weighted by Gasteiger charge is -1.98. The highest BCUT2D eigenvalue weighted by atomic mass is 35.5. The van der Waals surface area contributed by atoms with E-state index in [9.17, 15) is 4.79 Å². The second-order valence-corrected chi connectivity index (χ2v) is 3.43. The summed E-state index contributed by atoms with van der Waals surface area (Å²) >= 11 is 0. The third-order valence-corrected chi connectivity index (χ3v) is 2.18. The topological polar surface area (TPSA) is 17.1 Å². The van der Waals surface area contributed by atoms with Gasteiger partial charge < -0.3 is 4.79 Å². The van der Waals surface area contributed by atoms with Crippen molar-refractivity contribution in [3.05, 3.63) is 0 Å². The molecular formula is C11H23ClO. The molecule has 0 fully saturated rings. The van der Waals surface area contributed by atoms with Gasteiger partial charge in [0.25, 0.3) is 0 Å². The molecule has 0 heterocycles. The smallest absolute Gasteiger partial charge is 0.119 e. The summed E-state index contributed by atoms with van der Waals surface area (Å²) in [5.74, 6) is 0. The summed E-state index contributed by atoms with van der Waals surface area (Å²) < 4.78 is 0. The highest BCUT2D eigenvalue weighted by Gasteiger charge is 1.90. The first-order chi connectivity index (χ1) is 5.91. The molecule has 0 aromatic heterocycles. The summed E-state index contributed by atoms with van der Waals surface area (Å²) in [6.45, 7) is 2.24. The van der Waals surface area contributed by atoms with Crippen LogP contribution in [-0.2, 0) is 4.79 Å². The van der Waals surface area contributed by atoms with Crippen LogP contribution in [-0.4, -0.2) is 6.29 Å². The summed E-state index contributed by atoms with van der Waals surface area (Å²) in [5.41, 5.74) is 0. The summed E-state index contributed by atoms with van der Waals surface area (Å²) in [4.78, 5) is 9.98. The summed E-state index contributed by atoms with van der Waals surface area (Å²) in [5, 5.41) is 0. The Balaban J connectivity index is 0. The van der Waals surface area contributed by atoms with E-state index in [1.165, 1.54) is 44.9 Å². The molecule has 0 N–H and O–H groups in total. The van der Waals surface area contributed by atoms with E-state index in [1.807, 2.05) is 0 Å². The number of hydrogen-bond donors (Lipinski definition) is 0. The van der Waals surface area contributed by atoms with E-state index in [0.717, 1.165) is 19.1 Å². The quantitative estimate of drug-likeness (QED) is 0.410. The third-order valence-electron chi connectivity index (χ3n) is 2.18. The van der Waals surface area contributed by atoms with Gasteiger partial charge >= 0.3 is 0 Å². The van der Waals surface area contributed by atoms with Crippen molar-refractivity contribution in [2.24, 2.45) is 0 Å². The number of rotatable bonds is 9.